The van der Waals surface area contributed by atoms with Crippen molar-refractivity contribution in [2.24, 2.45) is 0 Å². The predicted octanol–water partition coefficient (Wildman–Crippen LogP) is 3.79. The number of nitrogens with zero attached hydrogens (tertiary/aromatic N) is 2. The Morgan fingerprint density at radius 1 is 1.24 bits per heavy atom. The van der Waals surface area contributed by atoms with Gasteiger partial charge in [-0.15, -0.1) is 0 Å². The second kappa shape index (κ2) is 7.84. The van der Waals surface area contributed by atoms with E-state index in [9.17, 15) is 14.9 Å². The number of ether oxygens (including phenoxy) is 1. The fraction of sp³-hybridized carbons (Fsp3) is 0.318. The summed E-state index contributed by atoms with van der Waals surface area (Å²) in [6, 6.07) is 14.4. The van der Waals surface area contributed by atoms with Crippen LogP contribution in [0.25, 0.3) is 0 Å². The number of urea groups is 1. The SMILES string of the molecule is C[C@H]1Oc2cc(NC(=O)NC(C)(C)C)c(C#N)cc2N(Cc2ccccc2)C1=O. The lowest BCUT2D eigenvalue weighted by Crippen LogP contribution is -2.44. The summed E-state index contributed by atoms with van der Waals surface area (Å²) >= 11 is 0. The fourth-order valence-electron chi connectivity index (χ4n) is 3.07. The highest BCUT2D eigenvalue weighted by Crippen LogP contribution is 2.39. The molecule has 2 N–H and O–H groups in total. The van der Waals surface area contributed by atoms with E-state index in [0.29, 0.717) is 23.7 Å². The molecule has 0 aliphatic carbocycles. The molecule has 150 valence electrons. The van der Waals surface area contributed by atoms with Crippen molar-refractivity contribution in [1.29, 1.82) is 5.26 Å². The number of fused-ring (bicyclic) bond motifs is 1. The van der Waals surface area contributed by atoms with Gasteiger partial charge in [-0.25, -0.2) is 4.79 Å². The van der Waals surface area contributed by atoms with Gasteiger partial charge in [0.15, 0.2) is 6.10 Å². The Bertz CT molecular complexity index is 974. The van der Waals surface area contributed by atoms with Crippen LogP contribution in [0, 0.1) is 11.3 Å². The van der Waals surface area contributed by atoms with Gasteiger partial charge in [-0.1, -0.05) is 30.3 Å². The number of nitrogens with one attached hydrogen (secondary N) is 2. The van der Waals surface area contributed by atoms with Crippen LogP contribution in [0.4, 0.5) is 16.2 Å². The van der Waals surface area contributed by atoms with Crippen LogP contribution >= 0.6 is 0 Å². The lowest BCUT2D eigenvalue weighted by atomic mass is 10.1. The zero-order valence-corrected chi connectivity index (χ0v) is 16.9. The summed E-state index contributed by atoms with van der Waals surface area (Å²) in [6.07, 6.45) is -0.671. The highest BCUT2D eigenvalue weighted by atomic mass is 16.5. The molecule has 1 atom stereocenters. The number of rotatable bonds is 3. The number of hydrogen-bond donors (Lipinski definition) is 2. The van der Waals surface area contributed by atoms with E-state index in [2.05, 4.69) is 16.7 Å². The second-order valence-electron chi connectivity index (χ2n) is 7.98. The van der Waals surface area contributed by atoms with Gasteiger partial charge in [0.1, 0.15) is 11.8 Å². The molecule has 0 aromatic heterocycles. The summed E-state index contributed by atoms with van der Waals surface area (Å²) in [5, 5.41) is 15.1. The first-order chi connectivity index (χ1) is 13.7. The molecule has 0 radical (unpaired) electrons. The number of anilines is 2. The van der Waals surface area contributed by atoms with Crippen LogP contribution in [-0.2, 0) is 11.3 Å². The first kappa shape index (κ1) is 20.2. The van der Waals surface area contributed by atoms with Crippen LogP contribution in [0.2, 0.25) is 0 Å². The molecule has 3 amide bonds. The molecular formula is C22H24N4O3. The topological polar surface area (TPSA) is 94.5 Å². The van der Waals surface area contributed by atoms with Gasteiger partial charge in [0.2, 0.25) is 0 Å². The van der Waals surface area contributed by atoms with Gasteiger partial charge in [-0.2, -0.15) is 5.26 Å². The Balaban J connectivity index is 1.96. The molecular weight excluding hydrogens is 368 g/mol. The van der Waals surface area contributed by atoms with Gasteiger partial charge in [-0.3, -0.25) is 4.79 Å². The molecule has 0 saturated carbocycles. The summed E-state index contributed by atoms with van der Waals surface area (Å²) in [4.78, 5) is 26.6. The van der Waals surface area contributed by atoms with Gasteiger partial charge >= 0.3 is 6.03 Å². The standard InChI is InChI=1S/C22H24N4O3/c1-14-20(27)26(13-15-8-6-5-7-9-15)18-10-16(12-23)17(11-19(18)29-14)24-21(28)25-22(2,3)4/h5-11,14H,13H2,1-4H3,(H2,24,25,28)/t14-/m1/s1. The van der Waals surface area contributed by atoms with Gasteiger partial charge in [-0.05, 0) is 39.3 Å². The van der Waals surface area contributed by atoms with Crippen molar-refractivity contribution in [2.45, 2.75) is 45.9 Å². The minimum atomic E-state index is -0.671. The molecule has 0 fully saturated rings. The predicted molar refractivity (Wildman–Crippen MR) is 111 cm³/mol. The Hall–Kier alpha value is -3.53. The third-order valence-electron chi connectivity index (χ3n) is 4.35. The lowest BCUT2D eigenvalue weighted by molar-refractivity contribution is -0.125. The highest BCUT2D eigenvalue weighted by Gasteiger charge is 2.33. The monoisotopic (exact) mass is 392 g/mol. The lowest BCUT2D eigenvalue weighted by Gasteiger charge is -2.33. The van der Waals surface area contributed by atoms with E-state index in [4.69, 9.17) is 4.74 Å². The molecule has 2 aromatic carbocycles. The molecule has 0 bridgehead atoms. The van der Waals surface area contributed by atoms with Crippen molar-refractivity contribution < 1.29 is 14.3 Å². The summed E-state index contributed by atoms with van der Waals surface area (Å²) in [5.74, 6) is 0.259. The van der Waals surface area contributed by atoms with Gasteiger partial charge in [0, 0.05) is 11.6 Å². The molecule has 2 aromatic rings. The van der Waals surface area contributed by atoms with Crippen LogP contribution in [0.5, 0.6) is 5.75 Å². The third-order valence-corrected chi connectivity index (χ3v) is 4.35. The normalized spacial score (nSPS) is 15.8. The summed E-state index contributed by atoms with van der Waals surface area (Å²) < 4.78 is 5.76. The van der Waals surface area contributed by atoms with E-state index in [0.717, 1.165) is 5.56 Å². The molecule has 1 aliphatic rings. The molecule has 0 unspecified atom stereocenters. The average molecular weight is 392 g/mol. The quantitative estimate of drug-likeness (QED) is 0.831. The third kappa shape index (κ3) is 4.66. The van der Waals surface area contributed by atoms with Crippen LogP contribution in [0.1, 0.15) is 38.8 Å². The first-order valence-electron chi connectivity index (χ1n) is 9.37. The number of benzene rings is 2. The highest BCUT2D eigenvalue weighted by molar-refractivity contribution is 6.01. The molecule has 1 heterocycles. The molecule has 3 rings (SSSR count). The van der Waals surface area contributed by atoms with E-state index in [1.54, 1.807) is 24.0 Å². The van der Waals surface area contributed by atoms with Crippen molar-refractivity contribution >= 4 is 23.3 Å². The number of nitriles is 1. The van der Waals surface area contributed by atoms with E-state index in [1.807, 2.05) is 51.1 Å². The Morgan fingerprint density at radius 3 is 2.55 bits per heavy atom. The molecule has 29 heavy (non-hydrogen) atoms. The minimum absolute atomic E-state index is 0.184. The molecule has 0 spiro atoms. The maximum atomic E-state index is 12.7. The molecule has 7 nitrogen and oxygen atoms in total. The number of carbonyl (C=O) groups is 2. The van der Waals surface area contributed by atoms with Crippen LogP contribution in [0.3, 0.4) is 0 Å². The zero-order chi connectivity index (χ0) is 21.2. The van der Waals surface area contributed by atoms with Gasteiger partial charge in [0.05, 0.1) is 23.5 Å². The maximum Gasteiger partial charge on any atom is 0.319 e. The zero-order valence-electron chi connectivity index (χ0n) is 16.9. The van der Waals surface area contributed by atoms with E-state index >= 15 is 0 Å². The maximum absolute atomic E-state index is 12.7. The minimum Gasteiger partial charge on any atom is -0.479 e. The number of amides is 3. The Morgan fingerprint density at radius 2 is 1.93 bits per heavy atom. The van der Waals surface area contributed by atoms with E-state index in [-0.39, 0.29) is 11.5 Å². The number of hydrogen-bond acceptors (Lipinski definition) is 4. The smallest absolute Gasteiger partial charge is 0.319 e. The second-order valence-corrected chi connectivity index (χ2v) is 7.98. The number of carbonyl (C=O) groups excluding carboxylic acids is 2. The van der Waals surface area contributed by atoms with Crippen LogP contribution < -0.4 is 20.3 Å². The van der Waals surface area contributed by atoms with E-state index in [1.165, 1.54) is 0 Å². The first-order valence-corrected chi connectivity index (χ1v) is 9.37. The van der Waals surface area contributed by atoms with Crippen molar-refractivity contribution in [3.63, 3.8) is 0 Å². The Labute approximate surface area is 170 Å². The van der Waals surface area contributed by atoms with E-state index < -0.39 is 17.7 Å². The summed E-state index contributed by atoms with van der Waals surface area (Å²) in [5.41, 5.74) is 1.63. The van der Waals surface area contributed by atoms with Crippen molar-refractivity contribution in [1.82, 2.24) is 5.32 Å². The Kier molecular flexibility index (Phi) is 5.46. The van der Waals surface area contributed by atoms with Crippen LogP contribution in [-0.4, -0.2) is 23.6 Å². The molecule has 0 saturated heterocycles. The van der Waals surface area contributed by atoms with Crippen molar-refractivity contribution in [3.05, 3.63) is 53.6 Å². The molecule has 1 aliphatic heterocycles. The molecule has 7 heteroatoms. The average Bonchev–Trinajstić information content (AvgIpc) is 2.64. The largest absolute Gasteiger partial charge is 0.479 e. The van der Waals surface area contributed by atoms with Crippen molar-refractivity contribution in [2.75, 3.05) is 10.2 Å². The fourth-order valence-corrected chi connectivity index (χ4v) is 3.07. The summed E-state index contributed by atoms with van der Waals surface area (Å²) in [7, 11) is 0. The van der Waals surface area contributed by atoms with Crippen LogP contribution in [0.15, 0.2) is 42.5 Å². The van der Waals surface area contributed by atoms with Gasteiger partial charge in [0.25, 0.3) is 5.91 Å². The summed E-state index contributed by atoms with van der Waals surface area (Å²) in [6.45, 7) is 7.64. The van der Waals surface area contributed by atoms with Gasteiger partial charge < -0.3 is 20.3 Å². The van der Waals surface area contributed by atoms with Crippen molar-refractivity contribution in [3.8, 4) is 11.8 Å².